The first kappa shape index (κ1) is 18.1. The highest BCUT2D eigenvalue weighted by molar-refractivity contribution is 7.12. The molecule has 27 heavy (non-hydrogen) atoms. The molecule has 9 nitrogen and oxygen atoms in total. The predicted octanol–water partition coefficient (Wildman–Crippen LogP) is 3.13. The minimum atomic E-state index is -0.459. The van der Waals surface area contributed by atoms with Crippen LogP contribution in [0.3, 0.4) is 0 Å². The fraction of sp³-hybridized carbons (Fsp3) is 0.0588. The fourth-order valence-electron chi connectivity index (χ4n) is 2.00. The van der Waals surface area contributed by atoms with Crippen molar-refractivity contribution in [2.45, 2.75) is 6.92 Å². The van der Waals surface area contributed by atoms with Crippen LogP contribution in [0.4, 0.5) is 16.5 Å². The molecule has 2 aromatic carbocycles. The number of non-ortho nitro benzene ring substituents is 1. The topological polar surface area (TPSA) is 118 Å². The van der Waals surface area contributed by atoms with Gasteiger partial charge in [-0.2, -0.15) is 10.2 Å². The van der Waals surface area contributed by atoms with Gasteiger partial charge in [0.2, 0.25) is 5.13 Å². The molecule has 3 aromatic rings. The van der Waals surface area contributed by atoms with Crippen LogP contribution >= 0.6 is 11.3 Å². The molecule has 0 spiro atoms. The number of hydrogen-bond donors (Lipinski definition) is 2. The Morgan fingerprint density at radius 3 is 2.70 bits per heavy atom. The van der Waals surface area contributed by atoms with Gasteiger partial charge >= 0.3 is 0 Å². The number of hydrazone groups is 1. The number of nitrogens with zero attached hydrogens (tertiary/aromatic N) is 5. The minimum Gasteiger partial charge on any atom is -0.277 e. The van der Waals surface area contributed by atoms with Gasteiger partial charge in [-0.15, -0.1) is 10.2 Å². The third-order valence-electron chi connectivity index (χ3n) is 3.31. The average molecular weight is 381 g/mol. The first-order valence-corrected chi connectivity index (χ1v) is 8.66. The Morgan fingerprint density at radius 1 is 1.11 bits per heavy atom. The van der Waals surface area contributed by atoms with Crippen molar-refractivity contribution >= 4 is 34.1 Å². The smallest absolute Gasteiger partial charge is 0.271 e. The molecule has 10 heteroatoms. The molecular formula is C17H15N7O2S. The number of nitro benzene ring substituents is 1. The lowest BCUT2D eigenvalue weighted by Gasteiger charge is -2.01. The fourth-order valence-corrected chi connectivity index (χ4v) is 2.65. The quantitative estimate of drug-likeness (QED) is 0.385. The summed E-state index contributed by atoms with van der Waals surface area (Å²) in [6.07, 6.45) is 1.67. The van der Waals surface area contributed by atoms with Crippen LogP contribution in [-0.2, 0) is 0 Å². The van der Waals surface area contributed by atoms with Gasteiger partial charge in [-0.25, -0.2) is 0 Å². The largest absolute Gasteiger partial charge is 0.277 e. The maximum atomic E-state index is 10.8. The molecule has 0 aliphatic carbocycles. The molecule has 0 atom stereocenters. The van der Waals surface area contributed by atoms with Crippen molar-refractivity contribution in [2.75, 3.05) is 10.9 Å². The molecule has 3 rings (SSSR count). The van der Waals surface area contributed by atoms with Gasteiger partial charge in [0.05, 0.1) is 22.5 Å². The Labute approximate surface area is 158 Å². The summed E-state index contributed by atoms with van der Waals surface area (Å²) >= 11 is 1.25. The maximum Gasteiger partial charge on any atom is 0.271 e. The summed E-state index contributed by atoms with van der Waals surface area (Å²) in [6, 6.07) is 15.7. The number of nitrogens with one attached hydrogen (secondary N) is 2. The van der Waals surface area contributed by atoms with E-state index in [1.54, 1.807) is 25.3 Å². The van der Waals surface area contributed by atoms with Crippen LogP contribution in [-0.4, -0.2) is 21.3 Å². The van der Waals surface area contributed by atoms with E-state index in [1.165, 1.54) is 23.5 Å². The predicted molar refractivity (Wildman–Crippen MR) is 105 cm³/mol. The number of benzene rings is 2. The number of hydrogen-bond acceptors (Lipinski definition) is 9. The zero-order chi connectivity index (χ0) is 19.1. The second kappa shape index (κ2) is 8.63. The molecule has 0 radical (unpaired) electrons. The van der Waals surface area contributed by atoms with E-state index in [2.05, 4.69) is 31.3 Å². The molecule has 2 N–H and O–H groups in total. The summed E-state index contributed by atoms with van der Waals surface area (Å²) < 4.78 is 0.578. The summed E-state index contributed by atoms with van der Waals surface area (Å²) in [5.74, 6) is 0. The van der Waals surface area contributed by atoms with E-state index in [1.807, 2.05) is 30.3 Å². The van der Waals surface area contributed by atoms with Crippen LogP contribution < -0.4 is 15.5 Å². The van der Waals surface area contributed by atoms with Crippen molar-refractivity contribution in [1.82, 2.24) is 10.2 Å². The Balaban J connectivity index is 1.75. The zero-order valence-electron chi connectivity index (χ0n) is 14.2. The number of rotatable bonds is 6. The first-order valence-electron chi connectivity index (χ1n) is 7.84. The molecule has 0 fully saturated rings. The molecule has 0 amide bonds. The van der Waals surface area contributed by atoms with Crippen molar-refractivity contribution in [3.05, 3.63) is 80.6 Å². The Morgan fingerprint density at radius 2 is 1.93 bits per heavy atom. The molecule has 136 valence electrons. The molecule has 0 aliphatic heterocycles. The van der Waals surface area contributed by atoms with Gasteiger partial charge in [-0.1, -0.05) is 47.7 Å². The standard InChI is InChI=1S/C17H15N7O2S/c1-12-16(21-20-14-8-5-9-15(10-14)24(25)26)27-17(23-19-12)22-18-11-13-6-3-2-4-7-13/h2-11,20H,1H3,(H,22,23)/b18-11+,21-16-. The Kier molecular flexibility index (Phi) is 5.80. The summed E-state index contributed by atoms with van der Waals surface area (Å²) in [5.41, 5.74) is 7.69. The van der Waals surface area contributed by atoms with Crippen LogP contribution in [0.2, 0.25) is 0 Å². The van der Waals surface area contributed by atoms with E-state index in [-0.39, 0.29) is 5.69 Å². The highest BCUT2D eigenvalue weighted by atomic mass is 32.1. The van der Waals surface area contributed by atoms with Crippen LogP contribution in [0.5, 0.6) is 0 Å². The third-order valence-corrected chi connectivity index (χ3v) is 4.26. The van der Waals surface area contributed by atoms with Crippen LogP contribution in [0.25, 0.3) is 0 Å². The summed E-state index contributed by atoms with van der Waals surface area (Å²) in [5, 5.41) is 27.8. The molecule has 0 aliphatic rings. The van der Waals surface area contributed by atoms with Crippen LogP contribution in [0, 0.1) is 17.0 Å². The normalized spacial score (nSPS) is 11.5. The third kappa shape index (κ3) is 5.16. The Hall–Kier alpha value is -3.66. The summed E-state index contributed by atoms with van der Waals surface area (Å²) in [7, 11) is 0. The zero-order valence-corrected chi connectivity index (χ0v) is 15.1. The van der Waals surface area contributed by atoms with E-state index < -0.39 is 4.92 Å². The second-order valence-corrected chi connectivity index (χ2v) is 6.29. The van der Waals surface area contributed by atoms with Crippen LogP contribution in [0.1, 0.15) is 11.3 Å². The van der Waals surface area contributed by atoms with Gasteiger partial charge < -0.3 is 0 Å². The molecule has 0 saturated heterocycles. The van der Waals surface area contributed by atoms with Crippen molar-refractivity contribution < 1.29 is 4.92 Å². The van der Waals surface area contributed by atoms with E-state index in [0.717, 1.165) is 5.56 Å². The Bertz CT molecular complexity index is 1030. The van der Waals surface area contributed by atoms with Gasteiger partial charge in [0, 0.05) is 12.1 Å². The monoisotopic (exact) mass is 381 g/mol. The van der Waals surface area contributed by atoms with Gasteiger partial charge in [0.25, 0.3) is 5.69 Å². The van der Waals surface area contributed by atoms with Gasteiger partial charge in [-0.3, -0.25) is 21.0 Å². The summed E-state index contributed by atoms with van der Waals surface area (Å²) in [4.78, 5) is 10.4. The maximum absolute atomic E-state index is 10.8. The highest BCUT2D eigenvalue weighted by Crippen LogP contribution is 2.16. The van der Waals surface area contributed by atoms with E-state index in [0.29, 0.717) is 21.2 Å². The van der Waals surface area contributed by atoms with E-state index in [4.69, 9.17) is 0 Å². The van der Waals surface area contributed by atoms with Gasteiger partial charge in [-0.05, 0) is 18.6 Å². The lowest BCUT2D eigenvalue weighted by atomic mass is 10.2. The molecule has 0 saturated carbocycles. The lowest BCUT2D eigenvalue weighted by molar-refractivity contribution is -0.384. The molecule has 1 heterocycles. The van der Waals surface area contributed by atoms with Gasteiger partial charge in [0.15, 0.2) is 4.67 Å². The summed E-state index contributed by atoms with van der Waals surface area (Å²) in [6.45, 7) is 1.77. The second-order valence-electron chi connectivity index (χ2n) is 5.31. The van der Waals surface area contributed by atoms with Crippen molar-refractivity contribution in [2.24, 2.45) is 10.2 Å². The van der Waals surface area contributed by atoms with Crippen molar-refractivity contribution in [1.29, 1.82) is 0 Å². The minimum absolute atomic E-state index is 0.0129. The SMILES string of the molecule is Cc1nnc(N/N=C/c2ccccc2)s/c1=N\Nc1cccc([N+](=O)[O-])c1. The first-order chi connectivity index (χ1) is 13.1. The molecule has 1 aromatic heterocycles. The van der Waals surface area contributed by atoms with Crippen molar-refractivity contribution in [3.8, 4) is 0 Å². The molecular weight excluding hydrogens is 366 g/mol. The number of aromatic nitrogens is 2. The molecule has 0 unspecified atom stereocenters. The molecule has 0 bridgehead atoms. The van der Waals surface area contributed by atoms with Crippen LogP contribution in [0.15, 0.2) is 64.8 Å². The highest BCUT2D eigenvalue weighted by Gasteiger charge is 2.05. The van der Waals surface area contributed by atoms with Gasteiger partial charge in [0.1, 0.15) is 0 Å². The van der Waals surface area contributed by atoms with E-state index in [9.17, 15) is 10.1 Å². The average Bonchev–Trinajstić information content (AvgIpc) is 2.69. The number of anilines is 2. The lowest BCUT2D eigenvalue weighted by Crippen LogP contribution is -2.11. The van der Waals surface area contributed by atoms with Crippen molar-refractivity contribution in [3.63, 3.8) is 0 Å². The number of aryl methyl sites for hydroxylation is 1. The number of nitro groups is 1. The van der Waals surface area contributed by atoms with E-state index >= 15 is 0 Å².